The fourth-order valence-electron chi connectivity index (χ4n) is 4.04. The average molecular weight is 564 g/mol. The van der Waals surface area contributed by atoms with Gasteiger partial charge in [0.1, 0.15) is 10.8 Å². The Morgan fingerprint density at radius 1 is 1.08 bits per heavy atom. The second-order valence-electron chi connectivity index (χ2n) is 7.78. The molecule has 10 nitrogen and oxygen atoms in total. The van der Waals surface area contributed by atoms with Crippen molar-refractivity contribution in [2.75, 3.05) is 19.1 Å². The standard InChI is InChI=1S/C24H19Cl2N3O7S/c1-35-22-15(10-16(25)23(36-2)18(22)26)20(30)17-19(12-4-3-9-28-11-12)29(24(32)21(17)31)13-5-7-14(8-6-13)37(27,33)34/h3-11,19,30H,1-2H3,(H2,27,33,34)/b20-17+. The Morgan fingerprint density at radius 2 is 1.73 bits per heavy atom. The molecule has 2 aromatic carbocycles. The summed E-state index contributed by atoms with van der Waals surface area (Å²) in [6.07, 6.45) is 2.93. The van der Waals surface area contributed by atoms with Crippen LogP contribution < -0.4 is 19.5 Å². The van der Waals surface area contributed by atoms with Crippen LogP contribution in [-0.2, 0) is 19.6 Å². The number of pyridine rings is 1. The molecular formula is C24H19Cl2N3O7S. The Bertz CT molecular complexity index is 1540. The van der Waals surface area contributed by atoms with E-state index < -0.39 is 33.5 Å². The number of aliphatic hydroxyl groups is 1. The third kappa shape index (κ3) is 4.62. The summed E-state index contributed by atoms with van der Waals surface area (Å²) in [7, 11) is -1.34. The summed E-state index contributed by atoms with van der Waals surface area (Å²) in [5.74, 6) is -2.51. The SMILES string of the molecule is COc1c(Cl)cc(/C(O)=C2\C(=O)C(=O)N(c3ccc(S(N)(=O)=O)cc3)C2c2cccnc2)c(OC)c1Cl. The van der Waals surface area contributed by atoms with E-state index in [1.54, 1.807) is 12.1 Å². The summed E-state index contributed by atoms with van der Waals surface area (Å²) in [5, 5.41) is 16.6. The number of aliphatic hydroxyl groups excluding tert-OH is 1. The number of hydrogen-bond acceptors (Lipinski definition) is 8. The Labute approximate surface area is 221 Å². The minimum absolute atomic E-state index is 0.0283. The van der Waals surface area contributed by atoms with Crippen LogP contribution in [0.3, 0.4) is 0 Å². The molecule has 1 unspecified atom stereocenters. The molecule has 0 bridgehead atoms. The van der Waals surface area contributed by atoms with Crippen LogP contribution in [-0.4, -0.2) is 44.4 Å². The van der Waals surface area contributed by atoms with Gasteiger partial charge in [0.15, 0.2) is 11.5 Å². The van der Waals surface area contributed by atoms with Crippen LogP contribution in [0.25, 0.3) is 5.76 Å². The highest BCUT2D eigenvalue weighted by molar-refractivity contribution is 7.89. The number of benzene rings is 2. The van der Waals surface area contributed by atoms with Gasteiger partial charge in [-0.05, 0) is 42.0 Å². The summed E-state index contributed by atoms with van der Waals surface area (Å²) < 4.78 is 33.9. The van der Waals surface area contributed by atoms with Gasteiger partial charge >= 0.3 is 0 Å². The smallest absolute Gasteiger partial charge is 0.300 e. The number of aromatic nitrogens is 1. The molecule has 3 N–H and O–H groups in total. The van der Waals surface area contributed by atoms with Gasteiger partial charge in [0.25, 0.3) is 11.7 Å². The third-order valence-corrected chi connectivity index (χ3v) is 7.24. The lowest BCUT2D eigenvalue weighted by molar-refractivity contribution is -0.132. The molecule has 1 saturated heterocycles. The Hall–Kier alpha value is -3.64. The number of anilines is 1. The molecule has 37 heavy (non-hydrogen) atoms. The molecular weight excluding hydrogens is 545 g/mol. The molecule has 4 rings (SSSR count). The van der Waals surface area contributed by atoms with Gasteiger partial charge in [0.2, 0.25) is 10.0 Å². The van der Waals surface area contributed by atoms with Crippen molar-refractivity contribution in [3.63, 3.8) is 0 Å². The molecule has 1 fully saturated rings. The highest BCUT2D eigenvalue weighted by atomic mass is 35.5. The minimum atomic E-state index is -3.99. The maximum Gasteiger partial charge on any atom is 0.300 e. The van der Waals surface area contributed by atoms with Crippen molar-refractivity contribution in [3.05, 3.63) is 81.6 Å². The lowest BCUT2D eigenvalue weighted by atomic mass is 9.95. The Balaban J connectivity index is 1.98. The van der Waals surface area contributed by atoms with Crippen LogP contribution in [0.2, 0.25) is 10.0 Å². The number of carbonyl (C=O) groups excluding carboxylic acids is 2. The zero-order valence-electron chi connectivity index (χ0n) is 19.3. The topological polar surface area (TPSA) is 149 Å². The number of nitrogens with zero attached hydrogens (tertiary/aromatic N) is 2. The van der Waals surface area contributed by atoms with E-state index in [0.717, 1.165) is 4.90 Å². The average Bonchev–Trinajstić information content (AvgIpc) is 3.14. The molecule has 3 aromatic rings. The molecule has 0 saturated carbocycles. The number of sulfonamides is 1. The number of methoxy groups -OCH3 is 2. The Morgan fingerprint density at radius 3 is 2.27 bits per heavy atom. The van der Waals surface area contributed by atoms with Crippen molar-refractivity contribution >= 4 is 56.4 Å². The van der Waals surface area contributed by atoms with Gasteiger partial charge < -0.3 is 14.6 Å². The van der Waals surface area contributed by atoms with Crippen molar-refractivity contribution in [3.8, 4) is 11.5 Å². The van der Waals surface area contributed by atoms with Crippen molar-refractivity contribution in [1.82, 2.24) is 4.98 Å². The molecule has 0 radical (unpaired) electrons. The van der Waals surface area contributed by atoms with Crippen LogP contribution in [0.4, 0.5) is 5.69 Å². The fourth-order valence-corrected chi connectivity index (χ4v) is 5.24. The molecule has 1 aliphatic rings. The number of carbonyl (C=O) groups is 2. The lowest BCUT2D eigenvalue weighted by Crippen LogP contribution is -2.29. The summed E-state index contributed by atoms with van der Waals surface area (Å²) in [4.78, 5) is 31.6. The van der Waals surface area contributed by atoms with Gasteiger partial charge in [-0.2, -0.15) is 0 Å². The zero-order valence-corrected chi connectivity index (χ0v) is 21.6. The molecule has 192 valence electrons. The van der Waals surface area contributed by atoms with Crippen molar-refractivity contribution < 1.29 is 32.6 Å². The number of hydrogen-bond donors (Lipinski definition) is 2. The minimum Gasteiger partial charge on any atom is -0.507 e. The van der Waals surface area contributed by atoms with E-state index in [0.29, 0.717) is 5.56 Å². The number of rotatable bonds is 6. The van der Waals surface area contributed by atoms with Crippen LogP contribution >= 0.6 is 23.2 Å². The number of ether oxygens (including phenoxy) is 2. The maximum absolute atomic E-state index is 13.3. The monoisotopic (exact) mass is 563 g/mol. The maximum atomic E-state index is 13.3. The van der Waals surface area contributed by atoms with Crippen LogP contribution in [0.1, 0.15) is 17.2 Å². The molecule has 2 heterocycles. The largest absolute Gasteiger partial charge is 0.507 e. The summed E-state index contributed by atoms with van der Waals surface area (Å²) in [6, 6.07) is 8.45. The first-order valence-electron chi connectivity index (χ1n) is 10.4. The quantitative estimate of drug-likeness (QED) is 0.262. The number of primary sulfonamides is 1. The van der Waals surface area contributed by atoms with Gasteiger partial charge in [0.05, 0.1) is 41.3 Å². The molecule has 13 heteroatoms. The predicted molar refractivity (Wildman–Crippen MR) is 136 cm³/mol. The zero-order chi connectivity index (χ0) is 27.1. The molecule has 0 spiro atoms. The lowest BCUT2D eigenvalue weighted by Gasteiger charge is -2.25. The summed E-state index contributed by atoms with van der Waals surface area (Å²) in [6.45, 7) is 0. The molecule has 1 aliphatic heterocycles. The first-order valence-corrected chi connectivity index (χ1v) is 12.8. The van der Waals surface area contributed by atoms with E-state index in [4.69, 9.17) is 37.8 Å². The van der Waals surface area contributed by atoms with E-state index in [2.05, 4.69) is 4.98 Å². The number of Topliss-reactive ketones (excluding diaryl/α,β-unsaturated/α-hetero) is 1. The van der Waals surface area contributed by atoms with Crippen molar-refractivity contribution in [2.24, 2.45) is 5.14 Å². The number of amides is 1. The second kappa shape index (κ2) is 10.0. The van der Waals surface area contributed by atoms with Crippen LogP contribution in [0.5, 0.6) is 11.5 Å². The van der Waals surface area contributed by atoms with Gasteiger partial charge in [-0.25, -0.2) is 13.6 Å². The van der Waals surface area contributed by atoms with E-state index >= 15 is 0 Å². The first-order chi connectivity index (χ1) is 17.5. The van der Waals surface area contributed by atoms with Crippen molar-refractivity contribution in [1.29, 1.82) is 0 Å². The van der Waals surface area contributed by atoms with E-state index in [-0.39, 0.29) is 43.3 Å². The molecule has 1 atom stereocenters. The fraction of sp³-hybridized carbons (Fsp3) is 0.125. The van der Waals surface area contributed by atoms with E-state index in [1.807, 2.05) is 0 Å². The van der Waals surface area contributed by atoms with Crippen molar-refractivity contribution in [2.45, 2.75) is 10.9 Å². The second-order valence-corrected chi connectivity index (χ2v) is 10.1. The van der Waals surface area contributed by atoms with Gasteiger partial charge in [0, 0.05) is 18.1 Å². The highest BCUT2D eigenvalue weighted by Crippen LogP contribution is 2.48. The van der Waals surface area contributed by atoms with Crippen LogP contribution in [0, 0.1) is 0 Å². The van der Waals surface area contributed by atoms with Gasteiger partial charge in [-0.1, -0.05) is 29.3 Å². The Kier molecular flexibility index (Phi) is 7.16. The highest BCUT2D eigenvalue weighted by Gasteiger charge is 2.47. The first kappa shape index (κ1) is 26.4. The predicted octanol–water partition coefficient (Wildman–Crippen LogP) is 3.68. The third-order valence-electron chi connectivity index (χ3n) is 5.68. The summed E-state index contributed by atoms with van der Waals surface area (Å²) >= 11 is 12.6. The van der Waals surface area contributed by atoms with E-state index in [1.165, 1.54) is 56.9 Å². The molecule has 1 amide bonds. The van der Waals surface area contributed by atoms with E-state index in [9.17, 15) is 23.1 Å². The number of nitrogens with two attached hydrogens (primary N) is 1. The molecule has 0 aliphatic carbocycles. The number of ketones is 1. The van der Waals surface area contributed by atoms with Crippen LogP contribution in [0.15, 0.2) is 65.3 Å². The molecule has 1 aromatic heterocycles. The normalized spacial score (nSPS) is 17.2. The van der Waals surface area contributed by atoms with Gasteiger partial charge in [-0.3, -0.25) is 19.5 Å². The number of halogens is 2. The van der Waals surface area contributed by atoms with Gasteiger partial charge in [-0.15, -0.1) is 0 Å². The summed E-state index contributed by atoms with van der Waals surface area (Å²) in [5.41, 5.74) is 0.238.